The fourth-order valence-electron chi connectivity index (χ4n) is 2.43. The fraction of sp³-hybridized carbons (Fsp3) is 0.100. The van der Waals surface area contributed by atoms with Crippen LogP contribution in [0.15, 0.2) is 82.6 Å². The Morgan fingerprint density at radius 3 is 2.31 bits per heavy atom. The first kappa shape index (κ1) is 18.5. The summed E-state index contributed by atoms with van der Waals surface area (Å²) >= 11 is 1.73. The van der Waals surface area contributed by atoms with Crippen LogP contribution in [0.5, 0.6) is 0 Å². The molecule has 0 radical (unpaired) electrons. The summed E-state index contributed by atoms with van der Waals surface area (Å²) in [7, 11) is -3.74. The van der Waals surface area contributed by atoms with Gasteiger partial charge in [0.05, 0.1) is 10.6 Å². The molecule has 0 atom stereocenters. The van der Waals surface area contributed by atoms with Gasteiger partial charge in [-0.1, -0.05) is 30.3 Å². The first-order valence-electron chi connectivity index (χ1n) is 8.00. The van der Waals surface area contributed by atoms with Crippen LogP contribution in [0.25, 0.3) is 0 Å². The summed E-state index contributed by atoms with van der Waals surface area (Å²) in [5, 5.41) is 0. The summed E-state index contributed by atoms with van der Waals surface area (Å²) in [5.74, 6) is 0.330. The maximum Gasteiger partial charge on any atom is 0.261 e. The summed E-state index contributed by atoms with van der Waals surface area (Å²) in [6.07, 6.45) is 0. The lowest BCUT2D eigenvalue weighted by molar-refractivity contribution is 0.599. The highest BCUT2D eigenvalue weighted by Crippen LogP contribution is 2.26. The Kier molecular flexibility index (Phi) is 5.64. The molecule has 0 bridgehead atoms. The molecule has 0 fully saturated rings. The highest BCUT2D eigenvalue weighted by atomic mass is 32.2. The van der Waals surface area contributed by atoms with E-state index in [0.29, 0.717) is 5.69 Å². The van der Waals surface area contributed by atoms with E-state index < -0.39 is 15.8 Å². The largest absolute Gasteiger partial charge is 0.279 e. The average molecular weight is 388 g/mol. The highest BCUT2D eigenvalue weighted by molar-refractivity contribution is 7.98. The van der Waals surface area contributed by atoms with Gasteiger partial charge in [0.25, 0.3) is 10.0 Å². The minimum absolute atomic E-state index is 0.0296. The third kappa shape index (κ3) is 4.65. The van der Waals surface area contributed by atoms with Crippen molar-refractivity contribution in [1.29, 1.82) is 0 Å². The Hall–Kier alpha value is -2.31. The predicted octanol–water partition coefficient (Wildman–Crippen LogP) is 5.23. The van der Waals surface area contributed by atoms with Crippen LogP contribution in [0.3, 0.4) is 0 Å². The van der Waals surface area contributed by atoms with Crippen LogP contribution < -0.4 is 4.72 Å². The third-order valence-corrected chi connectivity index (χ3v) is 6.27. The van der Waals surface area contributed by atoms with Crippen LogP contribution in [0.1, 0.15) is 11.1 Å². The van der Waals surface area contributed by atoms with E-state index in [1.807, 2.05) is 37.3 Å². The number of thioether (sulfide) groups is 1. The molecule has 0 unspecified atom stereocenters. The number of halogens is 1. The molecule has 3 aromatic carbocycles. The molecular formula is C20H18FNO2S2. The number of anilines is 1. The summed E-state index contributed by atoms with van der Waals surface area (Å²) in [5.41, 5.74) is 2.46. The molecule has 26 heavy (non-hydrogen) atoms. The molecule has 0 aliphatic carbocycles. The van der Waals surface area contributed by atoms with Gasteiger partial charge in [-0.25, -0.2) is 12.8 Å². The second-order valence-electron chi connectivity index (χ2n) is 5.81. The van der Waals surface area contributed by atoms with Crippen molar-refractivity contribution in [2.45, 2.75) is 22.5 Å². The van der Waals surface area contributed by atoms with Gasteiger partial charge in [0.15, 0.2) is 0 Å². The molecule has 1 N–H and O–H groups in total. The summed E-state index contributed by atoms with van der Waals surface area (Å²) in [6, 6.07) is 20.5. The van der Waals surface area contributed by atoms with E-state index in [9.17, 15) is 12.8 Å². The lowest BCUT2D eigenvalue weighted by atomic mass is 10.1. The second kappa shape index (κ2) is 7.93. The number of hydrogen-bond acceptors (Lipinski definition) is 3. The van der Waals surface area contributed by atoms with Crippen molar-refractivity contribution in [3.05, 3.63) is 89.7 Å². The average Bonchev–Trinajstić information content (AvgIpc) is 2.63. The molecule has 3 nitrogen and oxygen atoms in total. The molecule has 0 saturated heterocycles. The number of benzene rings is 3. The molecule has 0 saturated carbocycles. The van der Waals surface area contributed by atoms with Crippen LogP contribution in [0, 0.1) is 12.7 Å². The first-order chi connectivity index (χ1) is 12.4. The zero-order valence-electron chi connectivity index (χ0n) is 14.1. The van der Waals surface area contributed by atoms with Gasteiger partial charge in [-0.3, -0.25) is 4.72 Å². The Morgan fingerprint density at radius 2 is 1.65 bits per heavy atom. The van der Waals surface area contributed by atoms with E-state index in [1.54, 1.807) is 17.8 Å². The minimum Gasteiger partial charge on any atom is -0.279 e. The van der Waals surface area contributed by atoms with Crippen molar-refractivity contribution in [3.63, 3.8) is 0 Å². The van der Waals surface area contributed by atoms with Gasteiger partial charge >= 0.3 is 0 Å². The van der Waals surface area contributed by atoms with E-state index >= 15 is 0 Å². The molecule has 3 rings (SSSR count). The zero-order chi connectivity index (χ0) is 18.6. The first-order valence-corrected chi connectivity index (χ1v) is 10.5. The summed E-state index contributed by atoms with van der Waals surface area (Å²) in [4.78, 5) is 1.22. The Bertz CT molecular complexity index is 988. The van der Waals surface area contributed by atoms with Crippen molar-refractivity contribution in [2.24, 2.45) is 0 Å². The van der Waals surface area contributed by atoms with E-state index in [0.717, 1.165) is 29.0 Å². The van der Waals surface area contributed by atoms with E-state index in [4.69, 9.17) is 0 Å². The van der Waals surface area contributed by atoms with E-state index in [2.05, 4.69) is 16.9 Å². The quantitative estimate of drug-likeness (QED) is 0.589. The smallest absolute Gasteiger partial charge is 0.261 e. The lowest BCUT2D eigenvalue weighted by Crippen LogP contribution is -2.13. The van der Waals surface area contributed by atoms with Gasteiger partial charge in [-0.15, -0.1) is 11.8 Å². The topological polar surface area (TPSA) is 46.2 Å². The standard InChI is InChI=1S/C20H18FNO2S2/c1-15-13-16(14-25-18-5-3-2-4-6-18)7-12-20(15)22-26(23,24)19-10-8-17(21)9-11-19/h2-13,22H,14H2,1H3. The predicted molar refractivity (Wildman–Crippen MR) is 104 cm³/mol. The molecule has 0 aromatic heterocycles. The van der Waals surface area contributed by atoms with Crippen molar-refractivity contribution in [2.75, 3.05) is 4.72 Å². The number of rotatable bonds is 6. The van der Waals surface area contributed by atoms with Gasteiger partial charge < -0.3 is 0 Å². The molecule has 0 spiro atoms. The summed E-state index contributed by atoms with van der Waals surface area (Å²) in [6.45, 7) is 1.86. The van der Waals surface area contributed by atoms with Crippen molar-refractivity contribution >= 4 is 27.5 Å². The Labute approximate surface area is 157 Å². The van der Waals surface area contributed by atoms with Crippen LogP contribution in [-0.4, -0.2) is 8.42 Å². The third-order valence-electron chi connectivity index (χ3n) is 3.81. The van der Waals surface area contributed by atoms with E-state index in [-0.39, 0.29) is 4.90 Å². The molecule has 0 amide bonds. The molecule has 0 aliphatic heterocycles. The molecular weight excluding hydrogens is 369 g/mol. The molecule has 0 aliphatic rings. The minimum atomic E-state index is -3.74. The van der Waals surface area contributed by atoms with Crippen LogP contribution >= 0.6 is 11.8 Å². The van der Waals surface area contributed by atoms with Gasteiger partial charge in [0.2, 0.25) is 0 Å². The second-order valence-corrected chi connectivity index (χ2v) is 8.54. The highest BCUT2D eigenvalue weighted by Gasteiger charge is 2.15. The van der Waals surface area contributed by atoms with Crippen molar-refractivity contribution in [3.8, 4) is 0 Å². The summed E-state index contributed by atoms with van der Waals surface area (Å²) < 4.78 is 40.4. The normalized spacial score (nSPS) is 11.3. The van der Waals surface area contributed by atoms with Gasteiger partial charge in [0, 0.05) is 10.6 Å². The number of hydrogen-bond donors (Lipinski definition) is 1. The van der Waals surface area contributed by atoms with Gasteiger partial charge in [-0.05, 0) is 60.5 Å². The zero-order valence-corrected chi connectivity index (χ0v) is 15.8. The van der Waals surface area contributed by atoms with Gasteiger partial charge in [0.1, 0.15) is 5.82 Å². The maximum atomic E-state index is 13.0. The van der Waals surface area contributed by atoms with Crippen LogP contribution in [0.2, 0.25) is 0 Å². The SMILES string of the molecule is Cc1cc(CSc2ccccc2)ccc1NS(=O)(=O)c1ccc(F)cc1. The Balaban J connectivity index is 1.72. The molecule has 6 heteroatoms. The maximum absolute atomic E-state index is 13.0. The number of nitrogens with one attached hydrogen (secondary N) is 1. The van der Waals surface area contributed by atoms with E-state index in [1.165, 1.54) is 17.0 Å². The van der Waals surface area contributed by atoms with Crippen molar-refractivity contribution in [1.82, 2.24) is 0 Å². The van der Waals surface area contributed by atoms with Crippen LogP contribution in [-0.2, 0) is 15.8 Å². The number of aryl methyl sites for hydroxylation is 1. The van der Waals surface area contributed by atoms with Gasteiger partial charge in [-0.2, -0.15) is 0 Å². The molecule has 134 valence electrons. The Morgan fingerprint density at radius 1 is 0.962 bits per heavy atom. The fourth-order valence-corrected chi connectivity index (χ4v) is 4.42. The molecule has 0 heterocycles. The van der Waals surface area contributed by atoms with Crippen molar-refractivity contribution < 1.29 is 12.8 Å². The molecule has 3 aromatic rings. The monoisotopic (exact) mass is 387 g/mol. The number of sulfonamides is 1. The van der Waals surface area contributed by atoms with Crippen LogP contribution in [0.4, 0.5) is 10.1 Å². The lowest BCUT2D eigenvalue weighted by Gasteiger charge is -2.12.